The molecule has 0 aromatic heterocycles. The fourth-order valence-electron chi connectivity index (χ4n) is 2.49. The number of ether oxygens (including phenoxy) is 1. The van der Waals surface area contributed by atoms with Crippen molar-refractivity contribution in [3.05, 3.63) is 24.3 Å². The number of rotatable bonds is 4. The van der Waals surface area contributed by atoms with Crippen molar-refractivity contribution >= 4 is 11.6 Å². The maximum absolute atomic E-state index is 12.0. The number of hydrogen-bond acceptors (Lipinski definition) is 4. The monoisotopic (exact) mass is 277 g/mol. The number of nitrogens with two attached hydrogens (primary N) is 1. The molecule has 1 heterocycles. The largest absolute Gasteiger partial charge is 0.495 e. The molecular formula is C15H23N3O2. The van der Waals surface area contributed by atoms with Crippen LogP contribution in [0.4, 0.5) is 5.69 Å². The molecule has 5 nitrogen and oxygen atoms in total. The third kappa shape index (κ3) is 3.42. The Labute approximate surface area is 120 Å². The number of amides is 1. The van der Waals surface area contributed by atoms with E-state index < -0.39 is 0 Å². The zero-order valence-electron chi connectivity index (χ0n) is 12.2. The summed E-state index contributed by atoms with van der Waals surface area (Å²) in [5.41, 5.74) is 6.77. The SMILES string of the molecule is COc1ccccc1N1CCN(C(=O)CC(C)N)CC1. The van der Waals surface area contributed by atoms with E-state index >= 15 is 0 Å². The molecule has 0 saturated carbocycles. The van der Waals surface area contributed by atoms with Crippen LogP contribution in [0.2, 0.25) is 0 Å². The molecule has 0 spiro atoms. The molecule has 1 saturated heterocycles. The van der Waals surface area contributed by atoms with Gasteiger partial charge in [-0.25, -0.2) is 0 Å². The van der Waals surface area contributed by atoms with Gasteiger partial charge in [0, 0.05) is 38.6 Å². The van der Waals surface area contributed by atoms with Crippen LogP contribution in [0.25, 0.3) is 0 Å². The Morgan fingerprint density at radius 1 is 1.30 bits per heavy atom. The van der Waals surface area contributed by atoms with Crippen molar-refractivity contribution in [2.45, 2.75) is 19.4 Å². The van der Waals surface area contributed by atoms with Gasteiger partial charge in [0.1, 0.15) is 5.75 Å². The number of hydrogen-bond donors (Lipinski definition) is 1. The molecule has 110 valence electrons. The van der Waals surface area contributed by atoms with Gasteiger partial charge in [-0.15, -0.1) is 0 Å². The lowest BCUT2D eigenvalue weighted by molar-refractivity contribution is -0.131. The summed E-state index contributed by atoms with van der Waals surface area (Å²) in [6, 6.07) is 7.91. The highest BCUT2D eigenvalue weighted by atomic mass is 16.5. The van der Waals surface area contributed by atoms with Crippen LogP contribution in [-0.2, 0) is 4.79 Å². The fraction of sp³-hybridized carbons (Fsp3) is 0.533. The summed E-state index contributed by atoms with van der Waals surface area (Å²) in [5, 5.41) is 0. The average molecular weight is 277 g/mol. The molecule has 2 N–H and O–H groups in total. The van der Waals surface area contributed by atoms with E-state index in [1.54, 1.807) is 7.11 Å². The third-order valence-corrected chi connectivity index (χ3v) is 3.55. The lowest BCUT2D eigenvalue weighted by Crippen LogP contribution is -2.49. The van der Waals surface area contributed by atoms with Gasteiger partial charge >= 0.3 is 0 Å². The molecular weight excluding hydrogens is 254 g/mol. The van der Waals surface area contributed by atoms with Crippen LogP contribution in [0.15, 0.2) is 24.3 Å². The van der Waals surface area contributed by atoms with Crippen molar-refractivity contribution in [2.24, 2.45) is 5.73 Å². The Kier molecular flexibility index (Phi) is 4.84. The van der Waals surface area contributed by atoms with Crippen molar-refractivity contribution in [3.63, 3.8) is 0 Å². The number of nitrogens with zero attached hydrogens (tertiary/aromatic N) is 2. The minimum Gasteiger partial charge on any atom is -0.495 e. The standard InChI is InChI=1S/C15H23N3O2/c1-12(16)11-15(19)18-9-7-17(8-10-18)13-5-3-4-6-14(13)20-2/h3-6,12H,7-11,16H2,1-2H3. The molecule has 0 bridgehead atoms. The summed E-state index contributed by atoms with van der Waals surface area (Å²) >= 11 is 0. The summed E-state index contributed by atoms with van der Waals surface area (Å²) in [4.78, 5) is 16.1. The van der Waals surface area contributed by atoms with Crippen LogP contribution in [0.3, 0.4) is 0 Å². The number of methoxy groups -OCH3 is 1. The van der Waals surface area contributed by atoms with Gasteiger partial charge in [0.2, 0.25) is 5.91 Å². The van der Waals surface area contributed by atoms with E-state index in [1.165, 1.54) is 0 Å². The predicted molar refractivity (Wildman–Crippen MR) is 80.1 cm³/mol. The molecule has 2 rings (SSSR count). The first kappa shape index (κ1) is 14.7. The number of para-hydroxylation sites is 2. The first-order chi connectivity index (χ1) is 9.61. The molecule has 1 unspecified atom stereocenters. The number of benzene rings is 1. The molecule has 1 fully saturated rings. The third-order valence-electron chi connectivity index (χ3n) is 3.55. The van der Waals surface area contributed by atoms with E-state index in [1.807, 2.05) is 30.0 Å². The van der Waals surface area contributed by atoms with Crippen LogP contribution in [0.5, 0.6) is 5.75 Å². The molecule has 1 amide bonds. The molecule has 1 aromatic carbocycles. The topological polar surface area (TPSA) is 58.8 Å². The first-order valence-corrected chi connectivity index (χ1v) is 7.03. The number of carbonyl (C=O) groups is 1. The summed E-state index contributed by atoms with van der Waals surface area (Å²) in [5.74, 6) is 1.03. The Balaban J connectivity index is 1.96. The highest BCUT2D eigenvalue weighted by molar-refractivity contribution is 5.77. The number of carbonyl (C=O) groups excluding carboxylic acids is 1. The van der Waals surface area contributed by atoms with E-state index in [9.17, 15) is 4.79 Å². The normalized spacial score (nSPS) is 16.9. The Morgan fingerprint density at radius 3 is 2.55 bits per heavy atom. The molecule has 1 aliphatic heterocycles. The van der Waals surface area contributed by atoms with Crippen molar-refractivity contribution in [1.82, 2.24) is 4.90 Å². The molecule has 20 heavy (non-hydrogen) atoms. The Morgan fingerprint density at radius 2 is 1.95 bits per heavy atom. The molecule has 5 heteroatoms. The van der Waals surface area contributed by atoms with E-state index in [2.05, 4.69) is 11.0 Å². The van der Waals surface area contributed by atoms with E-state index in [4.69, 9.17) is 10.5 Å². The quantitative estimate of drug-likeness (QED) is 0.895. The predicted octanol–water partition coefficient (Wildman–Crippen LogP) is 1.08. The fourth-order valence-corrected chi connectivity index (χ4v) is 2.49. The van der Waals surface area contributed by atoms with Gasteiger partial charge in [0.15, 0.2) is 0 Å². The van der Waals surface area contributed by atoms with Crippen LogP contribution < -0.4 is 15.4 Å². The summed E-state index contributed by atoms with van der Waals surface area (Å²) in [6.07, 6.45) is 0.425. The summed E-state index contributed by atoms with van der Waals surface area (Å²) in [7, 11) is 1.68. The van der Waals surface area contributed by atoms with Gasteiger partial charge in [-0.2, -0.15) is 0 Å². The first-order valence-electron chi connectivity index (χ1n) is 7.03. The maximum Gasteiger partial charge on any atom is 0.224 e. The lowest BCUT2D eigenvalue weighted by Gasteiger charge is -2.36. The molecule has 1 aromatic rings. The van der Waals surface area contributed by atoms with Gasteiger partial charge in [-0.1, -0.05) is 12.1 Å². The van der Waals surface area contributed by atoms with Crippen LogP contribution in [0.1, 0.15) is 13.3 Å². The van der Waals surface area contributed by atoms with Gasteiger partial charge in [-0.3, -0.25) is 4.79 Å². The maximum atomic E-state index is 12.0. The number of anilines is 1. The number of piperazine rings is 1. The highest BCUT2D eigenvalue weighted by Gasteiger charge is 2.23. The second-order valence-electron chi connectivity index (χ2n) is 5.22. The minimum absolute atomic E-state index is 0.0743. The zero-order chi connectivity index (χ0) is 14.5. The minimum atomic E-state index is -0.0743. The highest BCUT2D eigenvalue weighted by Crippen LogP contribution is 2.28. The Bertz CT molecular complexity index is 454. The van der Waals surface area contributed by atoms with Crippen LogP contribution in [-0.4, -0.2) is 50.1 Å². The summed E-state index contributed by atoms with van der Waals surface area (Å²) in [6.45, 7) is 4.99. The average Bonchev–Trinajstić information content (AvgIpc) is 2.46. The molecule has 0 radical (unpaired) electrons. The smallest absolute Gasteiger partial charge is 0.224 e. The van der Waals surface area contributed by atoms with Gasteiger partial charge in [0.05, 0.1) is 12.8 Å². The van der Waals surface area contributed by atoms with Crippen LogP contribution >= 0.6 is 0 Å². The Hall–Kier alpha value is -1.75. The van der Waals surface area contributed by atoms with E-state index in [0.29, 0.717) is 6.42 Å². The van der Waals surface area contributed by atoms with Crippen molar-refractivity contribution in [2.75, 3.05) is 38.2 Å². The van der Waals surface area contributed by atoms with Gasteiger partial charge in [0.25, 0.3) is 0 Å². The molecule has 1 atom stereocenters. The zero-order valence-corrected chi connectivity index (χ0v) is 12.2. The van der Waals surface area contributed by atoms with Crippen LogP contribution in [0, 0.1) is 0 Å². The molecule has 0 aliphatic carbocycles. The van der Waals surface area contributed by atoms with Crippen molar-refractivity contribution < 1.29 is 9.53 Å². The second-order valence-corrected chi connectivity index (χ2v) is 5.22. The van der Waals surface area contributed by atoms with Gasteiger partial charge in [-0.05, 0) is 19.1 Å². The lowest BCUT2D eigenvalue weighted by atomic mass is 10.2. The van der Waals surface area contributed by atoms with Crippen molar-refractivity contribution in [3.8, 4) is 5.75 Å². The van der Waals surface area contributed by atoms with E-state index in [0.717, 1.165) is 37.6 Å². The van der Waals surface area contributed by atoms with E-state index in [-0.39, 0.29) is 11.9 Å². The second kappa shape index (κ2) is 6.61. The van der Waals surface area contributed by atoms with Gasteiger partial charge < -0.3 is 20.3 Å². The van der Waals surface area contributed by atoms with Crippen molar-refractivity contribution in [1.29, 1.82) is 0 Å². The molecule has 1 aliphatic rings. The summed E-state index contributed by atoms with van der Waals surface area (Å²) < 4.78 is 5.39.